The highest BCUT2D eigenvalue weighted by molar-refractivity contribution is 6.32. The van der Waals surface area contributed by atoms with Gasteiger partial charge in [-0.15, -0.1) is 5.10 Å². The van der Waals surface area contributed by atoms with Crippen LogP contribution in [0.5, 0.6) is 5.75 Å². The number of halogens is 1. The Bertz CT molecular complexity index is 1210. The lowest BCUT2D eigenvalue weighted by Gasteiger charge is -2.34. The third-order valence-corrected chi connectivity index (χ3v) is 7.72. The fourth-order valence-corrected chi connectivity index (χ4v) is 5.41. The second-order valence-electron chi connectivity index (χ2n) is 10.4. The molecule has 1 aromatic carbocycles. The van der Waals surface area contributed by atoms with Crippen LogP contribution < -0.4 is 10.1 Å². The standard InChI is InChI=1S/C26H34ClN7O5/c1-31(2)26(37)32-9-6-17(7-10-32)25(36)33-14-21-23(15-33)39-16-19-13-34(30-29-19)8-3-11-38-22-12-18(24(35)28-21)4-5-20(22)27/h4-5,12-13,17,21,23H,3,6-11,14-16H2,1-2H3,(H,28,35)/t21-,23-/m0/s1. The van der Waals surface area contributed by atoms with E-state index in [2.05, 4.69) is 15.6 Å². The van der Waals surface area contributed by atoms with Gasteiger partial charge in [-0.1, -0.05) is 16.8 Å². The van der Waals surface area contributed by atoms with Crippen molar-refractivity contribution in [1.82, 2.24) is 35.0 Å². The number of carbonyl (C=O) groups is 3. The molecule has 1 aromatic heterocycles. The first-order chi connectivity index (χ1) is 18.8. The van der Waals surface area contributed by atoms with Gasteiger partial charge in [0.1, 0.15) is 11.4 Å². The minimum atomic E-state index is -0.422. The van der Waals surface area contributed by atoms with Crippen LogP contribution >= 0.6 is 11.6 Å². The number of carbonyl (C=O) groups excluding carboxylic acids is 3. The van der Waals surface area contributed by atoms with Crippen LogP contribution in [0.1, 0.15) is 35.3 Å². The van der Waals surface area contributed by atoms with Crippen LogP contribution in [0.15, 0.2) is 24.4 Å². The number of hydrogen-bond donors (Lipinski definition) is 1. The second kappa shape index (κ2) is 11.8. The van der Waals surface area contributed by atoms with Crippen LogP contribution in [0.4, 0.5) is 4.79 Å². The largest absolute Gasteiger partial charge is 0.492 e. The number of nitrogens with zero attached hydrogens (tertiary/aromatic N) is 6. The van der Waals surface area contributed by atoms with Gasteiger partial charge in [-0.3, -0.25) is 14.3 Å². The summed E-state index contributed by atoms with van der Waals surface area (Å²) in [6.07, 6.45) is 3.30. The van der Waals surface area contributed by atoms with Crippen LogP contribution in [0.2, 0.25) is 5.02 Å². The van der Waals surface area contributed by atoms with Crippen molar-refractivity contribution in [3.63, 3.8) is 0 Å². The molecule has 3 aliphatic rings. The van der Waals surface area contributed by atoms with Crippen molar-refractivity contribution >= 4 is 29.4 Å². The number of amides is 4. The summed E-state index contributed by atoms with van der Waals surface area (Å²) in [5.41, 5.74) is 1.09. The van der Waals surface area contributed by atoms with Gasteiger partial charge < -0.3 is 29.5 Å². The Morgan fingerprint density at radius 2 is 1.92 bits per heavy atom. The second-order valence-corrected chi connectivity index (χ2v) is 10.8. The first kappa shape index (κ1) is 27.2. The van der Waals surface area contributed by atoms with E-state index in [1.165, 1.54) is 0 Å². The Hall–Kier alpha value is -3.38. The first-order valence-electron chi connectivity index (χ1n) is 13.3. The summed E-state index contributed by atoms with van der Waals surface area (Å²) < 4.78 is 13.8. The molecular weight excluding hydrogens is 526 g/mol. The molecule has 0 spiro atoms. The van der Waals surface area contributed by atoms with Crippen molar-refractivity contribution in [3.8, 4) is 5.75 Å². The van der Waals surface area contributed by atoms with Crippen molar-refractivity contribution in [2.45, 2.75) is 44.6 Å². The Kier molecular flexibility index (Phi) is 8.22. The highest BCUT2D eigenvalue weighted by Gasteiger charge is 2.40. The predicted octanol–water partition coefficient (Wildman–Crippen LogP) is 1.63. The number of aryl methyl sites for hydroxylation is 1. The summed E-state index contributed by atoms with van der Waals surface area (Å²) in [7, 11) is 3.45. The number of ether oxygens (including phenoxy) is 2. The maximum atomic E-state index is 13.5. The Morgan fingerprint density at radius 1 is 1.13 bits per heavy atom. The number of likely N-dealkylation sites (tertiary alicyclic amines) is 2. The maximum Gasteiger partial charge on any atom is 0.319 e. The molecule has 0 unspecified atom stereocenters. The van der Waals surface area contributed by atoms with E-state index in [-0.39, 0.29) is 30.4 Å². The van der Waals surface area contributed by atoms with E-state index in [1.54, 1.807) is 51.7 Å². The third-order valence-electron chi connectivity index (χ3n) is 7.41. The molecule has 2 saturated heterocycles. The number of rotatable bonds is 1. The monoisotopic (exact) mass is 559 g/mol. The van der Waals surface area contributed by atoms with Gasteiger partial charge in [-0.05, 0) is 31.0 Å². The van der Waals surface area contributed by atoms with E-state index in [1.807, 2.05) is 6.20 Å². The molecule has 2 atom stereocenters. The van der Waals surface area contributed by atoms with Gasteiger partial charge in [-0.2, -0.15) is 0 Å². The van der Waals surface area contributed by atoms with Gasteiger partial charge in [0.05, 0.1) is 36.6 Å². The van der Waals surface area contributed by atoms with Crippen LogP contribution in [0.25, 0.3) is 0 Å². The van der Waals surface area contributed by atoms with E-state index in [9.17, 15) is 14.4 Å². The summed E-state index contributed by atoms with van der Waals surface area (Å²) in [5, 5.41) is 11.8. The lowest BCUT2D eigenvalue weighted by molar-refractivity contribution is -0.136. The van der Waals surface area contributed by atoms with Crippen molar-refractivity contribution in [2.24, 2.45) is 5.92 Å². The molecule has 0 aliphatic carbocycles. The summed E-state index contributed by atoms with van der Waals surface area (Å²) in [6, 6.07) is 4.47. The molecule has 2 fully saturated rings. The molecule has 2 aromatic rings. The Morgan fingerprint density at radius 3 is 2.69 bits per heavy atom. The Balaban J connectivity index is 1.30. The molecule has 3 aliphatic heterocycles. The zero-order valence-corrected chi connectivity index (χ0v) is 23.0. The predicted molar refractivity (Wildman–Crippen MR) is 141 cm³/mol. The van der Waals surface area contributed by atoms with E-state index in [0.29, 0.717) is 80.6 Å². The smallest absolute Gasteiger partial charge is 0.319 e. The highest BCUT2D eigenvalue weighted by Crippen LogP contribution is 2.27. The minimum Gasteiger partial charge on any atom is -0.492 e. The zero-order valence-electron chi connectivity index (χ0n) is 22.2. The van der Waals surface area contributed by atoms with Crippen molar-refractivity contribution < 1.29 is 23.9 Å². The molecule has 13 heteroatoms. The van der Waals surface area contributed by atoms with E-state index in [0.717, 1.165) is 0 Å². The molecule has 210 valence electrons. The summed E-state index contributed by atoms with van der Waals surface area (Å²) in [4.78, 5) is 44.1. The quantitative estimate of drug-likeness (QED) is 0.563. The molecule has 4 amide bonds. The van der Waals surface area contributed by atoms with Crippen LogP contribution in [-0.2, 0) is 22.7 Å². The lowest BCUT2D eigenvalue weighted by atomic mass is 9.95. The van der Waals surface area contributed by atoms with Gasteiger partial charge in [-0.25, -0.2) is 4.79 Å². The van der Waals surface area contributed by atoms with Crippen molar-refractivity contribution in [3.05, 3.63) is 40.7 Å². The van der Waals surface area contributed by atoms with Crippen molar-refractivity contribution in [1.29, 1.82) is 0 Å². The summed E-state index contributed by atoms with van der Waals surface area (Å²) in [6.45, 7) is 2.99. The molecule has 39 heavy (non-hydrogen) atoms. The maximum absolute atomic E-state index is 13.5. The molecule has 0 radical (unpaired) electrons. The van der Waals surface area contributed by atoms with Gasteiger partial charge in [0.15, 0.2) is 0 Å². The van der Waals surface area contributed by atoms with Crippen LogP contribution in [0.3, 0.4) is 0 Å². The molecule has 0 saturated carbocycles. The number of aromatic nitrogens is 3. The number of hydrogen-bond acceptors (Lipinski definition) is 7. The van der Waals surface area contributed by atoms with Crippen LogP contribution in [-0.4, -0.2) is 107 Å². The first-order valence-corrected chi connectivity index (χ1v) is 13.6. The topological polar surface area (TPSA) is 122 Å². The SMILES string of the molecule is CN(C)C(=O)N1CCC(C(=O)N2C[C@@H]3NC(=O)c4ccc(Cl)c(c4)OCCCn4cc(nn4)CO[C@H]3C2)CC1. The van der Waals surface area contributed by atoms with E-state index in [4.69, 9.17) is 21.1 Å². The Labute approximate surface area is 232 Å². The van der Waals surface area contributed by atoms with Gasteiger partial charge >= 0.3 is 6.03 Å². The number of fused-ring (bicyclic) bond motifs is 5. The highest BCUT2D eigenvalue weighted by atomic mass is 35.5. The van der Waals surface area contributed by atoms with Crippen molar-refractivity contribution in [2.75, 3.05) is 46.9 Å². The number of nitrogens with one attached hydrogen (secondary N) is 1. The van der Waals surface area contributed by atoms with Gasteiger partial charge in [0.25, 0.3) is 5.91 Å². The fraction of sp³-hybridized carbons (Fsp3) is 0.577. The molecule has 12 nitrogen and oxygen atoms in total. The minimum absolute atomic E-state index is 0.0244. The molecule has 1 N–H and O–H groups in total. The molecule has 4 bridgehead atoms. The van der Waals surface area contributed by atoms with Crippen LogP contribution in [0, 0.1) is 5.92 Å². The fourth-order valence-electron chi connectivity index (χ4n) is 5.24. The van der Waals surface area contributed by atoms with E-state index >= 15 is 0 Å². The van der Waals surface area contributed by atoms with E-state index < -0.39 is 12.1 Å². The lowest BCUT2D eigenvalue weighted by Crippen LogP contribution is -2.47. The van der Waals surface area contributed by atoms with Gasteiger partial charge in [0, 0.05) is 64.7 Å². The summed E-state index contributed by atoms with van der Waals surface area (Å²) >= 11 is 6.30. The molecule has 5 rings (SSSR count). The molecular formula is C26H34ClN7O5. The number of benzene rings is 1. The normalized spacial score (nSPS) is 22.6. The molecule has 4 heterocycles. The summed E-state index contributed by atoms with van der Waals surface area (Å²) in [5.74, 6) is -0.0103. The number of urea groups is 1. The average molecular weight is 560 g/mol. The van der Waals surface area contributed by atoms with Gasteiger partial charge in [0.2, 0.25) is 5.91 Å². The average Bonchev–Trinajstić information content (AvgIpc) is 3.56. The zero-order chi connectivity index (χ0) is 27.5. The third kappa shape index (κ3) is 6.27. The number of piperidine rings is 1.